The lowest BCUT2D eigenvalue weighted by atomic mass is 10.1. The molecule has 0 unspecified atom stereocenters. The largest absolute Gasteiger partial charge is 0.492 e. The molecule has 0 aliphatic heterocycles. The predicted molar refractivity (Wildman–Crippen MR) is 108 cm³/mol. The molecule has 0 saturated carbocycles. The molecular weight excluding hydrogens is 352 g/mol. The number of carboxylic acid groups (broad SMARTS) is 1. The van der Waals surface area contributed by atoms with Gasteiger partial charge >= 0.3 is 5.97 Å². The molecule has 0 bridgehead atoms. The van der Waals surface area contributed by atoms with Gasteiger partial charge in [0, 0.05) is 6.42 Å². The third-order valence-electron chi connectivity index (χ3n) is 4.57. The van der Waals surface area contributed by atoms with Crippen molar-refractivity contribution in [3.8, 4) is 17.1 Å². The second kappa shape index (κ2) is 7.96. The molecular formula is C23H20N2O3. The van der Waals surface area contributed by atoms with Crippen molar-refractivity contribution in [2.75, 3.05) is 6.61 Å². The zero-order valence-corrected chi connectivity index (χ0v) is 15.3. The summed E-state index contributed by atoms with van der Waals surface area (Å²) < 4.78 is 7.77. The normalized spacial score (nSPS) is 10.9. The molecule has 28 heavy (non-hydrogen) atoms. The summed E-state index contributed by atoms with van der Waals surface area (Å²) >= 11 is 0. The van der Waals surface area contributed by atoms with Gasteiger partial charge in [0.2, 0.25) is 0 Å². The first-order chi connectivity index (χ1) is 13.7. The zero-order chi connectivity index (χ0) is 19.3. The third-order valence-corrected chi connectivity index (χ3v) is 4.57. The van der Waals surface area contributed by atoms with Crippen LogP contribution in [0.15, 0.2) is 78.9 Å². The predicted octanol–water partition coefficient (Wildman–Crippen LogP) is 4.41. The topological polar surface area (TPSA) is 64.3 Å². The van der Waals surface area contributed by atoms with Crippen molar-refractivity contribution in [2.45, 2.75) is 13.0 Å². The number of carbonyl (C=O) groups is 1. The number of aromatic nitrogens is 2. The lowest BCUT2D eigenvalue weighted by Gasteiger charge is -2.12. The van der Waals surface area contributed by atoms with Crippen molar-refractivity contribution in [1.82, 2.24) is 9.55 Å². The summed E-state index contributed by atoms with van der Waals surface area (Å²) in [6, 6.07) is 25.3. The summed E-state index contributed by atoms with van der Waals surface area (Å²) in [7, 11) is 0. The van der Waals surface area contributed by atoms with Crippen LogP contribution in [0.1, 0.15) is 5.56 Å². The van der Waals surface area contributed by atoms with Gasteiger partial charge in [-0.1, -0.05) is 54.6 Å². The fraction of sp³-hybridized carbons (Fsp3) is 0.130. The maximum absolute atomic E-state index is 11.4. The Hall–Kier alpha value is -3.60. The first kappa shape index (κ1) is 17.8. The Balaban J connectivity index is 1.67. The average molecular weight is 372 g/mol. The molecule has 0 amide bonds. The number of imidazole rings is 1. The molecule has 0 saturated heterocycles. The summed E-state index contributed by atoms with van der Waals surface area (Å²) in [6.45, 7) is 0.369. The van der Waals surface area contributed by atoms with Crippen LogP contribution >= 0.6 is 0 Å². The van der Waals surface area contributed by atoms with Gasteiger partial charge in [0.15, 0.2) is 0 Å². The van der Waals surface area contributed by atoms with E-state index < -0.39 is 5.97 Å². The van der Waals surface area contributed by atoms with Crippen LogP contribution < -0.4 is 4.74 Å². The van der Waals surface area contributed by atoms with Crippen molar-refractivity contribution in [3.05, 3.63) is 84.4 Å². The van der Waals surface area contributed by atoms with Crippen molar-refractivity contribution in [2.24, 2.45) is 0 Å². The van der Waals surface area contributed by atoms with Crippen LogP contribution in [0.3, 0.4) is 0 Å². The number of hydrogen-bond acceptors (Lipinski definition) is 3. The van der Waals surface area contributed by atoms with E-state index in [9.17, 15) is 9.90 Å². The molecule has 5 heteroatoms. The van der Waals surface area contributed by atoms with Crippen LogP contribution in [-0.4, -0.2) is 27.2 Å². The van der Waals surface area contributed by atoms with Crippen LogP contribution in [0, 0.1) is 0 Å². The highest BCUT2D eigenvalue weighted by Crippen LogP contribution is 2.32. The molecule has 3 aromatic carbocycles. The SMILES string of the molecule is O=C(O)Cn1c(-c2ccccc2OCCc2ccccc2)nc2ccccc21. The van der Waals surface area contributed by atoms with Crippen molar-refractivity contribution in [3.63, 3.8) is 0 Å². The highest BCUT2D eigenvalue weighted by atomic mass is 16.5. The quantitative estimate of drug-likeness (QED) is 0.522. The maximum atomic E-state index is 11.4. The Bertz CT molecular complexity index is 1100. The lowest BCUT2D eigenvalue weighted by Crippen LogP contribution is -2.10. The zero-order valence-electron chi connectivity index (χ0n) is 15.3. The summed E-state index contributed by atoms with van der Waals surface area (Å²) in [6.07, 6.45) is 0.792. The Kier molecular flexibility index (Phi) is 5.06. The Morgan fingerprint density at radius 1 is 0.929 bits per heavy atom. The molecule has 0 aliphatic rings. The van der Waals surface area contributed by atoms with Gasteiger partial charge in [0.25, 0.3) is 0 Å². The van der Waals surface area contributed by atoms with Gasteiger partial charge in [-0.3, -0.25) is 4.79 Å². The summed E-state index contributed by atoms with van der Waals surface area (Å²) in [5.41, 5.74) is 3.54. The fourth-order valence-corrected chi connectivity index (χ4v) is 3.28. The first-order valence-corrected chi connectivity index (χ1v) is 9.15. The monoisotopic (exact) mass is 372 g/mol. The van der Waals surface area contributed by atoms with E-state index in [0.717, 1.165) is 23.0 Å². The Morgan fingerprint density at radius 2 is 1.64 bits per heavy atom. The number of aliphatic carboxylic acids is 1. The summed E-state index contributed by atoms with van der Waals surface area (Å²) in [4.78, 5) is 16.1. The second-order valence-electron chi connectivity index (χ2n) is 6.48. The molecule has 4 aromatic rings. The molecule has 1 N–H and O–H groups in total. The van der Waals surface area contributed by atoms with Crippen LogP contribution in [0.5, 0.6) is 5.75 Å². The van der Waals surface area contributed by atoms with Gasteiger partial charge in [0.1, 0.15) is 18.1 Å². The van der Waals surface area contributed by atoms with E-state index in [-0.39, 0.29) is 6.54 Å². The number of carboxylic acids is 1. The molecule has 0 spiro atoms. The van der Waals surface area contributed by atoms with E-state index in [1.807, 2.05) is 66.7 Å². The Morgan fingerprint density at radius 3 is 2.46 bits per heavy atom. The number of rotatable bonds is 7. The van der Waals surface area contributed by atoms with Crippen LogP contribution in [0.2, 0.25) is 0 Å². The molecule has 0 fully saturated rings. The molecule has 140 valence electrons. The fourth-order valence-electron chi connectivity index (χ4n) is 3.28. The molecule has 1 aromatic heterocycles. The molecule has 4 rings (SSSR count). The number of para-hydroxylation sites is 3. The third kappa shape index (κ3) is 3.74. The molecule has 5 nitrogen and oxygen atoms in total. The van der Waals surface area contributed by atoms with Gasteiger partial charge in [-0.15, -0.1) is 0 Å². The lowest BCUT2D eigenvalue weighted by molar-refractivity contribution is -0.137. The number of benzene rings is 3. The van der Waals surface area contributed by atoms with E-state index in [0.29, 0.717) is 18.2 Å². The van der Waals surface area contributed by atoms with E-state index in [1.54, 1.807) is 4.57 Å². The van der Waals surface area contributed by atoms with Crippen LogP contribution in [0.4, 0.5) is 0 Å². The van der Waals surface area contributed by atoms with Crippen molar-refractivity contribution < 1.29 is 14.6 Å². The summed E-state index contributed by atoms with van der Waals surface area (Å²) in [5, 5.41) is 9.37. The van der Waals surface area contributed by atoms with Gasteiger partial charge < -0.3 is 14.4 Å². The van der Waals surface area contributed by atoms with Gasteiger partial charge in [-0.25, -0.2) is 4.98 Å². The van der Waals surface area contributed by atoms with Gasteiger partial charge in [-0.2, -0.15) is 0 Å². The van der Waals surface area contributed by atoms with Gasteiger partial charge in [0.05, 0.1) is 23.2 Å². The molecule has 0 radical (unpaired) electrons. The smallest absolute Gasteiger partial charge is 0.323 e. The van der Waals surface area contributed by atoms with Crippen molar-refractivity contribution >= 4 is 17.0 Å². The minimum Gasteiger partial charge on any atom is -0.492 e. The van der Waals surface area contributed by atoms with E-state index >= 15 is 0 Å². The Labute approximate surface area is 162 Å². The van der Waals surface area contributed by atoms with Gasteiger partial charge in [-0.05, 0) is 29.8 Å². The first-order valence-electron chi connectivity index (χ1n) is 9.15. The molecule has 1 heterocycles. The summed E-state index contributed by atoms with van der Waals surface area (Å²) in [5.74, 6) is 0.381. The van der Waals surface area contributed by atoms with Crippen LogP contribution in [-0.2, 0) is 17.8 Å². The second-order valence-corrected chi connectivity index (χ2v) is 6.48. The molecule has 0 atom stereocenters. The standard InChI is InChI=1S/C23H20N2O3/c26-22(27)16-25-20-12-6-5-11-19(20)24-23(25)18-10-4-7-13-21(18)28-15-14-17-8-2-1-3-9-17/h1-13H,14-16H2,(H,26,27). The minimum atomic E-state index is -0.910. The number of nitrogens with zero attached hydrogens (tertiary/aromatic N) is 2. The van der Waals surface area contributed by atoms with Crippen molar-refractivity contribution in [1.29, 1.82) is 0 Å². The minimum absolute atomic E-state index is 0.159. The number of hydrogen-bond donors (Lipinski definition) is 1. The highest BCUT2D eigenvalue weighted by Gasteiger charge is 2.17. The van der Waals surface area contributed by atoms with E-state index in [1.165, 1.54) is 5.56 Å². The van der Waals surface area contributed by atoms with E-state index in [4.69, 9.17) is 4.74 Å². The number of ether oxygens (including phenoxy) is 1. The number of fused-ring (bicyclic) bond motifs is 1. The maximum Gasteiger partial charge on any atom is 0.323 e. The highest BCUT2D eigenvalue weighted by molar-refractivity contribution is 5.84. The van der Waals surface area contributed by atoms with E-state index in [2.05, 4.69) is 17.1 Å². The average Bonchev–Trinajstić information content (AvgIpc) is 3.07. The van der Waals surface area contributed by atoms with Crippen LogP contribution in [0.25, 0.3) is 22.4 Å². The molecule has 0 aliphatic carbocycles.